The zero-order chi connectivity index (χ0) is 48.2. The van der Waals surface area contributed by atoms with Crippen LogP contribution in [-0.2, 0) is 30.9 Å². The minimum atomic E-state index is -0.699. The van der Waals surface area contributed by atoms with Gasteiger partial charge in [-0.25, -0.2) is 14.6 Å². The molecular formula is C55H69N7O6. The van der Waals surface area contributed by atoms with Crippen molar-refractivity contribution in [3.05, 3.63) is 88.9 Å². The Hall–Kier alpha value is -6.11. The number of nitrogens with zero attached hydrogens (tertiary/aromatic N) is 3. The quantitative estimate of drug-likeness (QED) is 0.103. The fourth-order valence-corrected chi connectivity index (χ4v) is 12.2. The van der Waals surface area contributed by atoms with Gasteiger partial charge in [-0.2, -0.15) is 0 Å². The molecule has 3 fully saturated rings. The van der Waals surface area contributed by atoms with Crippen molar-refractivity contribution in [3.63, 3.8) is 0 Å². The summed E-state index contributed by atoms with van der Waals surface area (Å²) in [6.07, 6.45) is 7.52. The minimum absolute atomic E-state index is 0.0854. The van der Waals surface area contributed by atoms with E-state index in [0.29, 0.717) is 19.0 Å². The number of carbonyl (C=O) groups is 4. The summed E-state index contributed by atoms with van der Waals surface area (Å²) in [5, 5.41) is 5.55. The summed E-state index contributed by atoms with van der Waals surface area (Å²) < 4.78 is 9.71. The van der Waals surface area contributed by atoms with Crippen molar-refractivity contribution < 1.29 is 28.7 Å². The van der Waals surface area contributed by atoms with Crippen LogP contribution in [0.25, 0.3) is 44.5 Å². The Morgan fingerprint density at radius 1 is 0.706 bits per heavy atom. The highest BCUT2D eigenvalue weighted by Gasteiger charge is 2.45. The van der Waals surface area contributed by atoms with Crippen LogP contribution in [0.5, 0.6) is 0 Å². The van der Waals surface area contributed by atoms with Crippen molar-refractivity contribution in [3.8, 4) is 33.5 Å². The molecule has 9 rings (SSSR count). The van der Waals surface area contributed by atoms with Crippen LogP contribution in [0.1, 0.15) is 127 Å². The largest absolute Gasteiger partial charge is 0.453 e. The predicted octanol–water partition coefficient (Wildman–Crippen LogP) is 10.5. The molecule has 2 aliphatic carbocycles. The summed E-state index contributed by atoms with van der Waals surface area (Å²) >= 11 is 0. The second-order valence-electron chi connectivity index (χ2n) is 21.1. The van der Waals surface area contributed by atoms with Gasteiger partial charge in [-0.1, -0.05) is 96.8 Å². The van der Waals surface area contributed by atoms with Crippen molar-refractivity contribution in [1.29, 1.82) is 0 Å². The van der Waals surface area contributed by atoms with Crippen molar-refractivity contribution in [2.24, 2.45) is 23.7 Å². The Bertz CT molecular complexity index is 2710. The molecule has 360 valence electrons. The first-order valence-electron chi connectivity index (χ1n) is 24.9. The first-order valence-corrected chi connectivity index (χ1v) is 24.9. The Labute approximate surface area is 400 Å². The van der Waals surface area contributed by atoms with Gasteiger partial charge in [0.2, 0.25) is 11.8 Å². The van der Waals surface area contributed by atoms with Gasteiger partial charge in [0.1, 0.15) is 17.9 Å². The maximum atomic E-state index is 14.0. The lowest BCUT2D eigenvalue weighted by molar-refractivity contribution is -0.136. The monoisotopic (exact) mass is 924 g/mol. The van der Waals surface area contributed by atoms with Crippen LogP contribution in [0.2, 0.25) is 0 Å². The number of ether oxygens (including phenoxy) is 2. The lowest BCUT2D eigenvalue weighted by Gasteiger charge is -2.31. The number of hydrogen-bond acceptors (Lipinski definition) is 7. The zero-order valence-corrected chi connectivity index (χ0v) is 41.3. The molecule has 4 aliphatic rings. The molecule has 0 radical (unpaired) electrons. The highest BCUT2D eigenvalue weighted by Crippen LogP contribution is 2.55. The number of hydrogen-bond donors (Lipinski definition) is 4. The van der Waals surface area contributed by atoms with E-state index in [0.717, 1.165) is 70.6 Å². The number of methoxy groups -OCH3 is 2. The van der Waals surface area contributed by atoms with E-state index in [1.165, 1.54) is 67.7 Å². The molecule has 3 aromatic carbocycles. The molecule has 1 spiro atoms. The summed E-state index contributed by atoms with van der Waals surface area (Å²) in [5.74, 6) is 0.948. The average Bonchev–Trinajstić information content (AvgIpc) is 4.21. The van der Waals surface area contributed by atoms with E-state index in [-0.39, 0.29) is 47.1 Å². The van der Waals surface area contributed by atoms with Gasteiger partial charge in [-0.15, -0.1) is 0 Å². The molecule has 1 saturated carbocycles. The molecule has 2 saturated heterocycles. The fourth-order valence-electron chi connectivity index (χ4n) is 12.2. The molecule has 4 amide bonds. The van der Waals surface area contributed by atoms with Crippen molar-refractivity contribution in [2.45, 2.75) is 129 Å². The van der Waals surface area contributed by atoms with Crippen molar-refractivity contribution in [2.75, 3.05) is 27.3 Å². The van der Waals surface area contributed by atoms with Gasteiger partial charge in [0.15, 0.2) is 0 Å². The molecule has 6 atom stereocenters. The summed E-state index contributed by atoms with van der Waals surface area (Å²) in [6, 6.07) is 20.6. The maximum Gasteiger partial charge on any atom is 0.407 e. The van der Waals surface area contributed by atoms with Crippen LogP contribution in [0.4, 0.5) is 9.59 Å². The third-order valence-electron chi connectivity index (χ3n) is 15.6. The van der Waals surface area contributed by atoms with Gasteiger partial charge in [0.05, 0.1) is 37.3 Å². The molecule has 5 aromatic rings. The first kappa shape index (κ1) is 47.0. The van der Waals surface area contributed by atoms with E-state index in [4.69, 9.17) is 14.5 Å². The highest BCUT2D eigenvalue weighted by atomic mass is 16.5. The van der Waals surface area contributed by atoms with Crippen LogP contribution in [0, 0.1) is 30.6 Å². The van der Waals surface area contributed by atoms with Crippen LogP contribution in [0.15, 0.2) is 60.7 Å². The van der Waals surface area contributed by atoms with E-state index in [9.17, 15) is 19.2 Å². The Morgan fingerprint density at radius 2 is 1.26 bits per heavy atom. The third kappa shape index (κ3) is 8.66. The number of amides is 4. The normalized spacial score (nSPS) is 21.8. The summed E-state index contributed by atoms with van der Waals surface area (Å²) in [4.78, 5) is 68.7. The minimum Gasteiger partial charge on any atom is -0.453 e. The Kier molecular flexibility index (Phi) is 13.0. The molecule has 68 heavy (non-hydrogen) atoms. The first-order chi connectivity index (χ1) is 32.6. The molecule has 6 unspecified atom stereocenters. The number of likely N-dealkylation sites (tertiary alicyclic amines) is 2. The van der Waals surface area contributed by atoms with E-state index in [2.05, 4.69) is 102 Å². The topological polar surface area (TPSA) is 162 Å². The highest BCUT2D eigenvalue weighted by molar-refractivity contribution is 5.89. The van der Waals surface area contributed by atoms with Crippen LogP contribution in [-0.4, -0.2) is 88.1 Å². The zero-order valence-electron chi connectivity index (χ0n) is 41.3. The molecule has 4 heterocycles. The molecule has 2 aliphatic heterocycles. The Balaban J connectivity index is 0.994. The van der Waals surface area contributed by atoms with Gasteiger partial charge in [0, 0.05) is 24.5 Å². The molecule has 2 aromatic heterocycles. The van der Waals surface area contributed by atoms with Gasteiger partial charge >= 0.3 is 12.2 Å². The van der Waals surface area contributed by atoms with Crippen molar-refractivity contribution in [1.82, 2.24) is 35.4 Å². The van der Waals surface area contributed by atoms with Crippen LogP contribution in [0.3, 0.4) is 0 Å². The predicted molar refractivity (Wildman–Crippen MR) is 265 cm³/mol. The number of imidazole rings is 1. The number of aromatic amines is 2. The lowest BCUT2D eigenvalue weighted by atomic mass is 9.76. The van der Waals surface area contributed by atoms with E-state index >= 15 is 0 Å². The number of aromatic nitrogens is 3. The summed E-state index contributed by atoms with van der Waals surface area (Å²) in [6.45, 7) is 15.4. The van der Waals surface area contributed by atoms with Crippen LogP contribution >= 0.6 is 0 Å². The van der Waals surface area contributed by atoms with Gasteiger partial charge in [-0.05, 0) is 137 Å². The molecule has 4 N–H and O–H groups in total. The molecule has 0 bridgehead atoms. The number of nitrogens with one attached hydrogen (secondary N) is 4. The Morgan fingerprint density at radius 3 is 1.87 bits per heavy atom. The maximum absolute atomic E-state index is 14.0. The number of carbonyl (C=O) groups excluding carboxylic acids is 4. The number of benzene rings is 3. The summed E-state index contributed by atoms with van der Waals surface area (Å²) in [5.41, 5.74) is 14.2. The smallest absolute Gasteiger partial charge is 0.407 e. The molecular weight excluding hydrogens is 855 g/mol. The average molecular weight is 924 g/mol. The number of aryl methyl sites for hydroxylation is 1. The molecule has 13 nitrogen and oxygen atoms in total. The number of H-pyrrole nitrogens is 2. The van der Waals surface area contributed by atoms with Gasteiger partial charge in [0.25, 0.3) is 0 Å². The van der Waals surface area contributed by atoms with E-state index in [1.54, 1.807) is 0 Å². The second kappa shape index (κ2) is 18.8. The third-order valence-corrected chi connectivity index (χ3v) is 15.6. The van der Waals surface area contributed by atoms with Gasteiger partial charge < -0.3 is 39.9 Å². The molecule has 13 heteroatoms. The van der Waals surface area contributed by atoms with Crippen molar-refractivity contribution >= 4 is 35.0 Å². The SMILES string of the molecule is COC(=O)NC(C(=O)N1CC(C)CC1c1nc2ccc(-c3ccc(-c4ccc(-c5cc(C)c(C6CC(C)CN6C(=O)C(NC(=O)OC)C(C)C)[nH]5)cc4)c4c3CCC43CCCC3)cc2[nH]1)C(C)C. The van der Waals surface area contributed by atoms with E-state index < -0.39 is 24.3 Å². The summed E-state index contributed by atoms with van der Waals surface area (Å²) in [7, 11) is 2.63. The van der Waals surface area contributed by atoms with Crippen LogP contribution < -0.4 is 10.6 Å². The van der Waals surface area contributed by atoms with E-state index in [1.807, 2.05) is 37.5 Å². The number of rotatable bonds is 11. The lowest BCUT2D eigenvalue weighted by Crippen LogP contribution is -2.51. The van der Waals surface area contributed by atoms with Gasteiger partial charge in [-0.3, -0.25) is 9.59 Å². The fraction of sp³-hybridized carbons (Fsp3) is 0.509. The number of fused-ring (bicyclic) bond motifs is 3. The number of alkyl carbamates (subject to hydrolysis) is 2. The standard InChI is InChI=1S/C55H69N7O6/c1-30(2)47(59-53(65)67-8)51(63)61-28-32(5)24-44(61)49-34(7)26-42(56-49)36-14-12-35(13-15-36)39-18-17-38(40-20-23-55(46(39)40)21-10-11-22-55)37-16-19-41-43(27-37)58-50(57-41)45-25-33(6)29-62(45)52(64)48(31(3)4)60-54(66)68-9/h12-19,26-27,30-33,44-45,47-48,56H,10-11,20-25,28-29H2,1-9H3,(H,57,58)(H,59,65)(H,60,66). The second-order valence-corrected chi connectivity index (χ2v) is 21.1.